The number of carbonyl (C=O) groups excluding carboxylic acids is 1. The number of amides is 2. The number of hydrogen-bond donors (Lipinski definition) is 2. The smallest absolute Gasteiger partial charge is 0.315 e. The molecule has 1 aliphatic carbocycles. The van der Waals surface area contributed by atoms with Gasteiger partial charge in [-0.1, -0.05) is 6.07 Å². The zero-order valence-electron chi connectivity index (χ0n) is 14.8. The molecule has 1 unspecified atom stereocenters. The van der Waals surface area contributed by atoms with Crippen molar-refractivity contribution in [3.63, 3.8) is 0 Å². The van der Waals surface area contributed by atoms with Gasteiger partial charge in [0.1, 0.15) is 0 Å². The number of aromatic nitrogens is 2. The molecule has 0 radical (unpaired) electrons. The van der Waals surface area contributed by atoms with Crippen molar-refractivity contribution >= 4 is 6.03 Å². The van der Waals surface area contributed by atoms with Crippen LogP contribution in [0.1, 0.15) is 35.7 Å². The molecule has 0 spiro atoms. The molecular weight excluding hydrogens is 320 g/mol. The highest BCUT2D eigenvalue weighted by Crippen LogP contribution is 2.29. The summed E-state index contributed by atoms with van der Waals surface area (Å²) in [5, 5.41) is 10.3. The van der Waals surface area contributed by atoms with Gasteiger partial charge >= 0.3 is 6.03 Å². The summed E-state index contributed by atoms with van der Waals surface area (Å²) in [6, 6.07) is 5.43. The van der Waals surface area contributed by atoms with Gasteiger partial charge in [0.25, 0.3) is 0 Å². The maximum absolute atomic E-state index is 12.3. The Bertz CT molecular complexity index is 757. The maximum Gasteiger partial charge on any atom is 0.315 e. The SMILES string of the molecule is COc1ccc(CNC(=O)NC2CCCc3c2cnn3C)cc1OC. The molecule has 0 bridgehead atoms. The van der Waals surface area contributed by atoms with Gasteiger partial charge in [-0.15, -0.1) is 0 Å². The lowest BCUT2D eigenvalue weighted by atomic mass is 9.93. The second-order valence-corrected chi connectivity index (χ2v) is 6.13. The molecule has 0 saturated heterocycles. The van der Waals surface area contributed by atoms with Crippen LogP contribution in [0, 0.1) is 0 Å². The monoisotopic (exact) mass is 344 g/mol. The van der Waals surface area contributed by atoms with Gasteiger partial charge in [-0.05, 0) is 37.0 Å². The van der Waals surface area contributed by atoms with Crippen molar-refractivity contribution < 1.29 is 14.3 Å². The molecule has 1 aliphatic rings. The Morgan fingerprint density at radius 3 is 2.88 bits per heavy atom. The van der Waals surface area contributed by atoms with Gasteiger partial charge in [0.05, 0.1) is 26.5 Å². The first-order valence-corrected chi connectivity index (χ1v) is 8.38. The van der Waals surface area contributed by atoms with Crippen LogP contribution in [0.25, 0.3) is 0 Å². The standard InChI is InChI=1S/C18H24N4O3/c1-22-15-6-4-5-14(13(15)11-20-22)21-18(23)19-10-12-7-8-16(24-2)17(9-12)25-3/h7-9,11,14H,4-6,10H2,1-3H3,(H2,19,21,23). The second kappa shape index (κ2) is 7.46. The third-order valence-electron chi connectivity index (χ3n) is 4.58. The summed E-state index contributed by atoms with van der Waals surface area (Å²) >= 11 is 0. The van der Waals surface area contributed by atoms with Gasteiger partial charge in [-0.2, -0.15) is 5.10 Å². The van der Waals surface area contributed by atoms with E-state index in [1.807, 2.05) is 36.1 Å². The summed E-state index contributed by atoms with van der Waals surface area (Å²) in [6.07, 6.45) is 4.85. The van der Waals surface area contributed by atoms with Gasteiger partial charge in [0.2, 0.25) is 0 Å². The number of rotatable bonds is 5. The van der Waals surface area contributed by atoms with Gasteiger partial charge in [-0.25, -0.2) is 4.79 Å². The maximum atomic E-state index is 12.3. The lowest BCUT2D eigenvalue weighted by molar-refractivity contribution is 0.235. The summed E-state index contributed by atoms with van der Waals surface area (Å²) < 4.78 is 12.4. The van der Waals surface area contributed by atoms with E-state index in [1.165, 1.54) is 5.69 Å². The number of nitrogens with zero attached hydrogens (tertiary/aromatic N) is 2. The van der Waals surface area contributed by atoms with E-state index >= 15 is 0 Å². The molecule has 1 aromatic carbocycles. The van der Waals surface area contributed by atoms with E-state index in [1.54, 1.807) is 14.2 Å². The number of benzene rings is 1. The molecule has 2 aromatic rings. The van der Waals surface area contributed by atoms with Gasteiger partial charge in [0.15, 0.2) is 11.5 Å². The fourth-order valence-electron chi connectivity index (χ4n) is 3.24. The minimum atomic E-state index is -0.184. The van der Waals surface area contributed by atoms with E-state index in [0.29, 0.717) is 18.0 Å². The molecule has 3 rings (SSSR count). The Balaban J connectivity index is 1.59. The number of carbonyl (C=O) groups is 1. The van der Waals surface area contributed by atoms with Crippen LogP contribution in [-0.2, 0) is 20.0 Å². The van der Waals surface area contributed by atoms with Crippen LogP contribution in [0.2, 0.25) is 0 Å². The molecule has 0 fully saturated rings. The van der Waals surface area contributed by atoms with E-state index in [0.717, 1.165) is 30.4 Å². The molecule has 1 aromatic heterocycles. The van der Waals surface area contributed by atoms with Crippen molar-refractivity contribution in [1.82, 2.24) is 20.4 Å². The van der Waals surface area contributed by atoms with Gasteiger partial charge in [0, 0.05) is 24.8 Å². The average molecular weight is 344 g/mol. The highest BCUT2D eigenvalue weighted by atomic mass is 16.5. The number of fused-ring (bicyclic) bond motifs is 1. The third kappa shape index (κ3) is 3.70. The predicted molar refractivity (Wildman–Crippen MR) is 93.8 cm³/mol. The predicted octanol–water partition coefficient (Wildman–Crippen LogP) is 2.31. The molecule has 134 valence electrons. The highest BCUT2D eigenvalue weighted by molar-refractivity contribution is 5.74. The molecule has 1 heterocycles. The number of methoxy groups -OCH3 is 2. The summed E-state index contributed by atoms with van der Waals surface area (Å²) in [5.41, 5.74) is 3.27. The summed E-state index contributed by atoms with van der Waals surface area (Å²) in [7, 11) is 5.13. The molecule has 7 nitrogen and oxygen atoms in total. The number of nitrogens with one attached hydrogen (secondary N) is 2. The molecule has 2 N–H and O–H groups in total. The van der Waals surface area contributed by atoms with Crippen LogP contribution in [0.4, 0.5) is 4.79 Å². The van der Waals surface area contributed by atoms with Crippen molar-refractivity contribution in [2.24, 2.45) is 7.05 Å². The molecular formula is C18H24N4O3. The van der Waals surface area contributed by atoms with Crippen LogP contribution >= 0.6 is 0 Å². The van der Waals surface area contributed by atoms with Crippen molar-refractivity contribution in [1.29, 1.82) is 0 Å². The first-order valence-electron chi connectivity index (χ1n) is 8.38. The first-order chi connectivity index (χ1) is 12.1. The normalized spacial score (nSPS) is 16.0. The van der Waals surface area contributed by atoms with Crippen LogP contribution in [0.3, 0.4) is 0 Å². The van der Waals surface area contributed by atoms with Crippen molar-refractivity contribution in [2.75, 3.05) is 14.2 Å². The van der Waals surface area contributed by atoms with E-state index in [4.69, 9.17) is 9.47 Å². The number of hydrogen-bond acceptors (Lipinski definition) is 4. The van der Waals surface area contributed by atoms with Crippen LogP contribution in [0.5, 0.6) is 11.5 Å². The Labute approximate surface area is 147 Å². The molecule has 2 amide bonds. The van der Waals surface area contributed by atoms with E-state index < -0.39 is 0 Å². The van der Waals surface area contributed by atoms with Crippen molar-refractivity contribution in [3.8, 4) is 11.5 Å². The topological polar surface area (TPSA) is 77.4 Å². The quantitative estimate of drug-likeness (QED) is 0.873. The van der Waals surface area contributed by atoms with E-state index in [9.17, 15) is 4.79 Å². The summed E-state index contributed by atoms with van der Waals surface area (Å²) in [5.74, 6) is 1.32. The van der Waals surface area contributed by atoms with Crippen molar-refractivity contribution in [2.45, 2.75) is 31.8 Å². The fourth-order valence-corrected chi connectivity index (χ4v) is 3.24. The number of ether oxygens (including phenoxy) is 2. The second-order valence-electron chi connectivity index (χ2n) is 6.13. The lowest BCUT2D eigenvalue weighted by Gasteiger charge is -2.24. The third-order valence-corrected chi connectivity index (χ3v) is 4.58. The Kier molecular flexibility index (Phi) is 5.11. The lowest BCUT2D eigenvalue weighted by Crippen LogP contribution is -2.38. The van der Waals surface area contributed by atoms with Crippen molar-refractivity contribution in [3.05, 3.63) is 41.2 Å². The fraction of sp³-hybridized carbons (Fsp3) is 0.444. The zero-order chi connectivity index (χ0) is 17.8. The van der Waals surface area contributed by atoms with E-state index in [2.05, 4.69) is 15.7 Å². The largest absolute Gasteiger partial charge is 0.493 e. The van der Waals surface area contributed by atoms with Crippen LogP contribution in [0.15, 0.2) is 24.4 Å². The Morgan fingerprint density at radius 1 is 1.32 bits per heavy atom. The van der Waals surface area contributed by atoms with Crippen LogP contribution in [-0.4, -0.2) is 30.0 Å². The summed E-state index contributed by atoms with van der Waals surface area (Å²) in [6.45, 7) is 0.415. The van der Waals surface area contributed by atoms with E-state index in [-0.39, 0.29) is 12.1 Å². The minimum absolute atomic E-state index is 0.0165. The highest BCUT2D eigenvalue weighted by Gasteiger charge is 2.24. The molecule has 1 atom stereocenters. The minimum Gasteiger partial charge on any atom is -0.493 e. The zero-order valence-corrected chi connectivity index (χ0v) is 14.8. The average Bonchev–Trinajstić information content (AvgIpc) is 3.02. The van der Waals surface area contributed by atoms with Gasteiger partial charge < -0.3 is 20.1 Å². The molecule has 0 saturated carbocycles. The summed E-state index contributed by atoms with van der Waals surface area (Å²) in [4.78, 5) is 12.3. The van der Waals surface area contributed by atoms with Crippen LogP contribution < -0.4 is 20.1 Å². The molecule has 25 heavy (non-hydrogen) atoms. The molecule has 0 aliphatic heterocycles. The number of aryl methyl sites for hydroxylation is 1. The molecule has 7 heteroatoms. The Hall–Kier alpha value is -2.70. The van der Waals surface area contributed by atoms with Gasteiger partial charge in [-0.3, -0.25) is 4.68 Å². The first kappa shape index (κ1) is 17.1. The number of urea groups is 1. The Morgan fingerprint density at radius 2 is 2.12 bits per heavy atom.